The summed E-state index contributed by atoms with van der Waals surface area (Å²) in [5.41, 5.74) is 0.448. The van der Waals surface area contributed by atoms with Gasteiger partial charge in [0.1, 0.15) is 10.4 Å². The summed E-state index contributed by atoms with van der Waals surface area (Å²) in [5.74, 6) is -3.65. The summed E-state index contributed by atoms with van der Waals surface area (Å²) >= 11 is 11.9. The molecule has 0 spiro atoms. The van der Waals surface area contributed by atoms with E-state index in [1.54, 1.807) is 0 Å². The van der Waals surface area contributed by atoms with E-state index in [-0.39, 0.29) is 19.9 Å². The summed E-state index contributed by atoms with van der Waals surface area (Å²) in [7, 11) is 0. The first-order valence-electron chi connectivity index (χ1n) is 7.43. The number of carboxylic acids is 2. The highest BCUT2D eigenvalue weighted by molar-refractivity contribution is 8.26. The van der Waals surface area contributed by atoms with Crippen LogP contribution in [0.3, 0.4) is 0 Å². The number of nitro benzene ring substituents is 1. The molecule has 1 saturated heterocycles. The third-order valence-corrected chi connectivity index (χ3v) is 5.01. The molecule has 28 heavy (non-hydrogen) atoms. The summed E-state index contributed by atoms with van der Waals surface area (Å²) in [5, 5.41) is 28.8. The van der Waals surface area contributed by atoms with Gasteiger partial charge in [-0.05, 0) is 29.8 Å². The molecule has 0 radical (unpaired) electrons. The van der Waals surface area contributed by atoms with E-state index in [4.69, 9.17) is 28.9 Å². The number of nitrogens with zero attached hydrogens (tertiary/aromatic N) is 2. The first-order valence-corrected chi connectivity index (χ1v) is 9.03. The number of allylic oxidation sites excluding steroid dienone is 2. The molecule has 1 aromatic carbocycles. The van der Waals surface area contributed by atoms with Crippen molar-refractivity contribution in [3.63, 3.8) is 0 Å². The van der Waals surface area contributed by atoms with E-state index in [1.165, 1.54) is 36.4 Å². The lowest BCUT2D eigenvalue weighted by atomic mass is 10.1. The number of aliphatic carboxylic acids is 2. The summed E-state index contributed by atoms with van der Waals surface area (Å²) in [6, 6.07) is 3.88. The van der Waals surface area contributed by atoms with Crippen molar-refractivity contribution in [2.75, 3.05) is 0 Å². The molecule has 1 atom stereocenters. The van der Waals surface area contributed by atoms with Gasteiger partial charge >= 0.3 is 11.9 Å². The second kappa shape index (κ2) is 8.95. The second-order valence-electron chi connectivity index (χ2n) is 5.38. The number of amides is 1. The van der Waals surface area contributed by atoms with E-state index >= 15 is 0 Å². The van der Waals surface area contributed by atoms with Crippen LogP contribution in [0.2, 0.25) is 0 Å². The molecular weight excluding hydrogens is 432 g/mol. The number of carboxylic acid groups (broad SMARTS) is 2. The molecular formula is C16H11ClN2O7S2. The van der Waals surface area contributed by atoms with E-state index in [0.717, 1.165) is 16.7 Å². The SMILES string of the molecule is O=C(O)CC(C(=O)O)N1C(=O)/C(=C\C(Cl)=C/c2ccc([N+](=O)[O-])cc2)SC1=S. The van der Waals surface area contributed by atoms with Crippen molar-refractivity contribution < 1.29 is 29.5 Å². The van der Waals surface area contributed by atoms with Gasteiger partial charge in [-0.15, -0.1) is 0 Å². The van der Waals surface area contributed by atoms with Crippen LogP contribution in [-0.2, 0) is 14.4 Å². The number of carbonyl (C=O) groups excluding carboxylic acids is 1. The van der Waals surface area contributed by atoms with Gasteiger partial charge in [-0.2, -0.15) is 0 Å². The molecule has 9 nitrogen and oxygen atoms in total. The van der Waals surface area contributed by atoms with Gasteiger partial charge < -0.3 is 10.2 Å². The van der Waals surface area contributed by atoms with Crippen molar-refractivity contribution >= 4 is 69.5 Å². The Morgan fingerprint density at radius 1 is 1.32 bits per heavy atom. The van der Waals surface area contributed by atoms with Gasteiger partial charge in [0.25, 0.3) is 11.6 Å². The quantitative estimate of drug-likeness (QED) is 0.282. The number of thiocarbonyl (C=S) groups is 1. The van der Waals surface area contributed by atoms with Gasteiger partial charge in [0.15, 0.2) is 0 Å². The van der Waals surface area contributed by atoms with Crippen LogP contribution in [0.15, 0.2) is 40.3 Å². The summed E-state index contributed by atoms with van der Waals surface area (Å²) in [6.45, 7) is 0. The minimum atomic E-state index is -1.63. The lowest BCUT2D eigenvalue weighted by Crippen LogP contribution is -2.45. The van der Waals surface area contributed by atoms with Crippen molar-refractivity contribution in [3.8, 4) is 0 Å². The Morgan fingerprint density at radius 2 is 1.93 bits per heavy atom. The normalized spacial score (nSPS) is 17.1. The Hall–Kier alpha value is -2.76. The van der Waals surface area contributed by atoms with E-state index in [1.807, 2.05) is 0 Å². The molecule has 1 fully saturated rings. The highest BCUT2D eigenvalue weighted by Crippen LogP contribution is 2.34. The highest BCUT2D eigenvalue weighted by atomic mass is 35.5. The second-order valence-corrected chi connectivity index (χ2v) is 7.49. The van der Waals surface area contributed by atoms with Crippen molar-refractivity contribution in [1.29, 1.82) is 0 Å². The summed E-state index contributed by atoms with van der Waals surface area (Å²) in [4.78, 5) is 45.6. The van der Waals surface area contributed by atoms with E-state index in [0.29, 0.717) is 5.56 Å². The number of benzene rings is 1. The molecule has 0 aromatic heterocycles. The smallest absolute Gasteiger partial charge is 0.327 e. The van der Waals surface area contributed by atoms with Crippen LogP contribution in [0.4, 0.5) is 5.69 Å². The molecule has 1 aliphatic rings. The Bertz CT molecular complexity index is 927. The standard InChI is InChI=1S/C16H11ClN2O7S2/c17-9(5-8-1-3-10(4-2-8)19(25)26)6-12-14(22)18(16(27)28-12)11(15(23)24)7-13(20)21/h1-6,11H,7H2,(H,20,21)(H,23,24)/b9-5+,12-6+. The van der Waals surface area contributed by atoms with Gasteiger partial charge in [0.05, 0.1) is 16.2 Å². The number of hydrogen-bond acceptors (Lipinski definition) is 7. The average molecular weight is 443 g/mol. The molecule has 12 heteroatoms. The fourth-order valence-corrected chi connectivity index (χ4v) is 3.87. The van der Waals surface area contributed by atoms with Crippen molar-refractivity contribution in [3.05, 3.63) is 56.0 Å². The third-order valence-electron chi connectivity index (χ3n) is 3.47. The Labute approximate surface area is 172 Å². The maximum Gasteiger partial charge on any atom is 0.327 e. The molecule has 0 aliphatic carbocycles. The molecule has 146 valence electrons. The Balaban J connectivity index is 2.25. The number of halogens is 1. The largest absolute Gasteiger partial charge is 0.481 e. The van der Waals surface area contributed by atoms with E-state index in [9.17, 15) is 29.6 Å². The fraction of sp³-hybridized carbons (Fsp3) is 0.125. The Morgan fingerprint density at radius 3 is 2.43 bits per heavy atom. The van der Waals surface area contributed by atoms with Gasteiger partial charge in [-0.25, -0.2) is 4.79 Å². The zero-order chi connectivity index (χ0) is 21.0. The number of nitro groups is 1. The minimum absolute atomic E-state index is 0.0322. The lowest BCUT2D eigenvalue weighted by Gasteiger charge is -2.21. The Kier molecular flexibility index (Phi) is 6.89. The topological polar surface area (TPSA) is 138 Å². The first-order chi connectivity index (χ1) is 13.1. The molecule has 2 N–H and O–H groups in total. The van der Waals surface area contributed by atoms with Crippen LogP contribution in [-0.4, -0.2) is 48.2 Å². The first kappa shape index (κ1) is 21.5. The maximum absolute atomic E-state index is 12.5. The molecule has 1 unspecified atom stereocenters. The van der Waals surface area contributed by atoms with Crippen molar-refractivity contribution in [1.82, 2.24) is 4.90 Å². The van der Waals surface area contributed by atoms with Crippen LogP contribution in [0.25, 0.3) is 6.08 Å². The number of non-ortho nitro benzene ring substituents is 1. The molecule has 0 bridgehead atoms. The van der Waals surface area contributed by atoms with Gasteiger partial charge in [0.2, 0.25) is 0 Å². The third kappa shape index (κ3) is 5.15. The van der Waals surface area contributed by atoms with Crippen LogP contribution in [0.5, 0.6) is 0 Å². The number of rotatable bonds is 7. The fourth-order valence-electron chi connectivity index (χ4n) is 2.22. The van der Waals surface area contributed by atoms with Crippen molar-refractivity contribution in [2.24, 2.45) is 0 Å². The van der Waals surface area contributed by atoms with E-state index < -0.39 is 35.2 Å². The van der Waals surface area contributed by atoms with Gasteiger partial charge in [-0.3, -0.25) is 24.6 Å². The maximum atomic E-state index is 12.5. The average Bonchev–Trinajstić information content (AvgIpc) is 2.86. The van der Waals surface area contributed by atoms with Gasteiger partial charge in [-0.1, -0.05) is 35.6 Å². The van der Waals surface area contributed by atoms with Crippen LogP contribution < -0.4 is 0 Å². The lowest BCUT2D eigenvalue weighted by molar-refractivity contribution is -0.384. The van der Waals surface area contributed by atoms with Crippen LogP contribution >= 0.6 is 35.6 Å². The minimum Gasteiger partial charge on any atom is -0.481 e. The molecule has 0 saturated carbocycles. The molecule has 1 aliphatic heterocycles. The number of hydrogen-bond donors (Lipinski definition) is 2. The molecule has 1 heterocycles. The number of thioether (sulfide) groups is 1. The summed E-state index contributed by atoms with van der Waals surface area (Å²) in [6.07, 6.45) is 1.91. The van der Waals surface area contributed by atoms with E-state index in [2.05, 4.69) is 0 Å². The van der Waals surface area contributed by atoms with Crippen LogP contribution in [0, 0.1) is 10.1 Å². The van der Waals surface area contributed by atoms with Crippen molar-refractivity contribution in [2.45, 2.75) is 12.5 Å². The zero-order valence-corrected chi connectivity index (χ0v) is 16.2. The number of carbonyl (C=O) groups is 3. The predicted octanol–water partition coefficient (Wildman–Crippen LogP) is 2.85. The highest BCUT2D eigenvalue weighted by Gasteiger charge is 2.41. The predicted molar refractivity (Wildman–Crippen MR) is 106 cm³/mol. The monoisotopic (exact) mass is 442 g/mol. The van der Waals surface area contributed by atoms with Crippen LogP contribution in [0.1, 0.15) is 12.0 Å². The molecule has 2 rings (SSSR count). The zero-order valence-electron chi connectivity index (χ0n) is 13.8. The van der Waals surface area contributed by atoms with Gasteiger partial charge in [0, 0.05) is 17.2 Å². The summed E-state index contributed by atoms with van der Waals surface area (Å²) < 4.78 is -0.0929. The molecule has 1 amide bonds. The molecule has 1 aromatic rings.